The number of rotatable bonds is 6. The molecule has 3 aromatic carbocycles. The van der Waals surface area contributed by atoms with Crippen LogP contribution in [-0.2, 0) is 4.79 Å². The van der Waals surface area contributed by atoms with Crippen LogP contribution in [0.5, 0.6) is 0 Å². The summed E-state index contributed by atoms with van der Waals surface area (Å²) in [5.41, 5.74) is 2.54. The van der Waals surface area contributed by atoms with Crippen LogP contribution in [0.4, 0.5) is 15.8 Å². The number of nitrogens with one attached hydrogen (secondary N) is 2. The molecule has 0 aromatic heterocycles. The fourth-order valence-corrected chi connectivity index (χ4v) is 3.42. The number of benzene rings is 3. The van der Waals surface area contributed by atoms with E-state index in [1.807, 2.05) is 19.1 Å². The minimum atomic E-state index is -0.397. The Bertz CT molecular complexity index is 1040. The van der Waals surface area contributed by atoms with Crippen molar-refractivity contribution in [1.29, 1.82) is 0 Å². The summed E-state index contributed by atoms with van der Waals surface area (Å²) in [7, 11) is 0. The third-order valence-corrected chi connectivity index (χ3v) is 5.42. The van der Waals surface area contributed by atoms with Crippen molar-refractivity contribution in [2.45, 2.75) is 11.8 Å². The Morgan fingerprint density at radius 1 is 0.966 bits per heavy atom. The molecular weight excluding hydrogens is 411 g/mol. The van der Waals surface area contributed by atoms with Gasteiger partial charge in [-0.2, -0.15) is 0 Å². The number of carbonyl (C=O) groups excluding carboxylic acids is 2. The van der Waals surface area contributed by atoms with Crippen LogP contribution in [0.3, 0.4) is 0 Å². The maximum Gasteiger partial charge on any atom is 0.255 e. The molecule has 0 atom stereocenters. The molecule has 29 heavy (non-hydrogen) atoms. The third kappa shape index (κ3) is 6.07. The van der Waals surface area contributed by atoms with Crippen LogP contribution in [0.2, 0.25) is 5.02 Å². The minimum Gasteiger partial charge on any atom is -0.325 e. The van der Waals surface area contributed by atoms with E-state index in [4.69, 9.17) is 11.6 Å². The quantitative estimate of drug-likeness (QED) is 0.490. The summed E-state index contributed by atoms with van der Waals surface area (Å²) in [4.78, 5) is 25.3. The van der Waals surface area contributed by atoms with E-state index in [2.05, 4.69) is 10.6 Å². The Morgan fingerprint density at radius 2 is 1.69 bits per heavy atom. The molecule has 0 bridgehead atoms. The van der Waals surface area contributed by atoms with Gasteiger partial charge >= 0.3 is 0 Å². The number of hydrogen-bond donors (Lipinski definition) is 2. The second-order valence-corrected chi connectivity index (χ2v) is 7.75. The normalized spacial score (nSPS) is 10.4. The van der Waals surface area contributed by atoms with Crippen molar-refractivity contribution in [3.05, 3.63) is 88.7 Å². The number of anilines is 2. The first-order chi connectivity index (χ1) is 13.9. The highest BCUT2D eigenvalue weighted by molar-refractivity contribution is 8.00. The van der Waals surface area contributed by atoms with Gasteiger partial charge in [-0.15, -0.1) is 11.8 Å². The van der Waals surface area contributed by atoms with Gasteiger partial charge in [-0.05, 0) is 67.1 Å². The van der Waals surface area contributed by atoms with Crippen LogP contribution in [-0.4, -0.2) is 17.6 Å². The molecule has 0 spiro atoms. The molecule has 0 fully saturated rings. The summed E-state index contributed by atoms with van der Waals surface area (Å²) in [6.45, 7) is 1.89. The average molecular weight is 429 g/mol. The van der Waals surface area contributed by atoms with Gasteiger partial charge in [-0.1, -0.05) is 23.7 Å². The summed E-state index contributed by atoms with van der Waals surface area (Å²) in [5, 5.41) is 6.17. The molecule has 0 heterocycles. The zero-order chi connectivity index (χ0) is 20.8. The van der Waals surface area contributed by atoms with E-state index in [9.17, 15) is 14.0 Å². The highest BCUT2D eigenvalue weighted by atomic mass is 35.5. The van der Waals surface area contributed by atoms with Crippen LogP contribution < -0.4 is 10.6 Å². The summed E-state index contributed by atoms with van der Waals surface area (Å²) >= 11 is 7.42. The largest absolute Gasteiger partial charge is 0.325 e. The first-order valence-corrected chi connectivity index (χ1v) is 10.1. The lowest BCUT2D eigenvalue weighted by Crippen LogP contribution is -2.14. The summed E-state index contributed by atoms with van der Waals surface area (Å²) < 4.78 is 13.0. The number of hydrogen-bond acceptors (Lipinski definition) is 3. The first kappa shape index (κ1) is 20.9. The van der Waals surface area contributed by atoms with Gasteiger partial charge in [0.25, 0.3) is 5.91 Å². The molecule has 0 saturated carbocycles. The van der Waals surface area contributed by atoms with Crippen molar-refractivity contribution in [3.8, 4) is 0 Å². The minimum absolute atomic E-state index is 0.157. The van der Waals surface area contributed by atoms with E-state index >= 15 is 0 Å². The zero-order valence-electron chi connectivity index (χ0n) is 15.5. The fourth-order valence-electron chi connectivity index (χ4n) is 2.48. The molecule has 3 rings (SSSR count). The molecule has 0 saturated heterocycles. The molecule has 0 aliphatic heterocycles. The van der Waals surface area contributed by atoms with Gasteiger partial charge in [0.15, 0.2) is 0 Å². The second-order valence-electron chi connectivity index (χ2n) is 6.29. The van der Waals surface area contributed by atoms with Crippen molar-refractivity contribution >= 4 is 46.6 Å². The maximum absolute atomic E-state index is 13.0. The van der Waals surface area contributed by atoms with Crippen molar-refractivity contribution < 1.29 is 14.0 Å². The second kappa shape index (κ2) is 9.58. The number of carbonyl (C=O) groups is 2. The van der Waals surface area contributed by atoms with Gasteiger partial charge < -0.3 is 10.6 Å². The lowest BCUT2D eigenvalue weighted by molar-refractivity contribution is -0.113. The van der Waals surface area contributed by atoms with Gasteiger partial charge in [0.05, 0.1) is 5.75 Å². The fraction of sp³-hybridized carbons (Fsp3) is 0.0909. The highest BCUT2D eigenvalue weighted by Gasteiger charge is 2.08. The molecule has 4 nitrogen and oxygen atoms in total. The van der Waals surface area contributed by atoms with Crippen molar-refractivity contribution in [2.24, 2.45) is 0 Å². The number of amides is 2. The Balaban J connectivity index is 1.56. The van der Waals surface area contributed by atoms with Crippen molar-refractivity contribution in [3.63, 3.8) is 0 Å². The van der Waals surface area contributed by atoms with E-state index in [1.165, 1.54) is 36.0 Å². The molecule has 0 aliphatic carbocycles. The van der Waals surface area contributed by atoms with Crippen LogP contribution in [0.15, 0.2) is 71.6 Å². The zero-order valence-corrected chi connectivity index (χ0v) is 17.1. The highest BCUT2D eigenvalue weighted by Crippen LogP contribution is 2.23. The lowest BCUT2D eigenvalue weighted by atomic mass is 10.2. The Kier molecular flexibility index (Phi) is 6.90. The van der Waals surface area contributed by atoms with Crippen LogP contribution in [0.1, 0.15) is 15.9 Å². The smallest absolute Gasteiger partial charge is 0.255 e. The van der Waals surface area contributed by atoms with Crippen molar-refractivity contribution in [1.82, 2.24) is 0 Å². The Hall–Kier alpha value is -2.83. The molecule has 2 N–H and O–H groups in total. The van der Waals surface area contributed by atoms with E-state index in [-0.39, 0.29) is 17.6 Å². The van der Waals surface area contributed by atoms with Gasteiger partial charge in [-0.25, -0.2) is 4.39 Å². The van der Waals surface area contributed by atoms with Gasteiger partial charge in [0.2, 0.25) is 5.91 Å². The van der Waals surface area contributed by atoms with Gasteiger partial charge in [0.1, 0.15) is 5.82 Å². The predicted molar refractivity (Wildman–Crippen MR) is 116 cm³/mol. The molecule has 3 aromatic rings. The first-order valence-electron chi connectivity index (χ1n) is 8.76. The average Bonchev–Trinajstić information content (AvgIpc) is 2.70. The molecular formula is C22H18ClFN2O2S. The molecule has 0 unspecified atom stereocenters. The number of halogens is 2. The monoisotopic (exact) mass is 428 g/mol. The summed E-state index contributed by atoms with van der Waals surface area (Å²) in [6.07, 6.45) is 0. The van der Waals surface area contributed by atoms with Crippen LogP contribution >= 0.6 is 23.4 Å². The summed E-state index contributed by atoms with van der Waals surface area (Å²) in [6, 6.07) is 17.9. The summed E-state index contributed by atoms with van der Waals surface area (Å²) in [5.74, 6) is -0.677. The van der Waals surface area contributed by atoms with Gasteiger partial charge in [0, 0.05) is 26.9 Å². The van der Waals surface area contributed by atoms with E-state index < -0.39 is 5.82 Å². The van der Waals surface area contributed by atoms with E-state index in [0.29, 0.717) is 22.0 Å². The lowest BCUT2D eigenvalue weighted by Gasteiger charge is -2.09. The van der Waals surface area contributed by atoms with Crippen LogP contribution in [0, 0.1) is 12.7 Å². The molecule has 148 valence electrons. The van der Waals surface area contributed by atoms with E-state index in [1.54, 1.807) is 30.3 Å². The number of aryl methyl sites for hydroxylation is 1. The Labute approximate surface area is 177 Å². The molecule has 0 aliphatic rings. The molecule has 2 amide bonds. The van der Waals surface area contributed by atoms with E-state index in [0.717, 1.165) is 10.5 Å². The predicted octanol–water partition coefficient (Wildman–Crippen LogP) is 5.77. The topological polar surface area (TPSA) is 58.2 Å². The maximum atomic E-state index is 13.0. The third-order valence-electron chi connectivity index (χ3n) is 4.02. The standard InChI is InChI=1S/C22H18ClFN2O2S/c1-14-5-10-18(12-20(14)23)25-21(27)13-29-19-4-2-3-17(11-19)26-22(28)15-6-8-16(24)9-7-15/h2-12H,13H2,1H3,(H,25,27)(H,26,28). The van der Waals surface area contributed by atoms with Crippen LogP contribution in [0.25, 0.3) is 0 Å². The van der Waals surface area contributed by atoms with Gasteiger partial charge in [-0.3, -0.25) is 9.59 Å². The Morgan fingerprint density at radius 3 is 2.41 bits per heavy atom. The SMILES string of the molecule is Cc1ccc(NC(=O)CSc2cccc(NC(=O)c3ccc(F)cc3)c2)cc1Cl. The van der Waals surface area contributed by atoms with Crippen molar-refractivity contribution in [2.75, 3.05) is 16.4 Å². The number of thioether (sulfide) groups is 1. The molecule has 0 radical (unpaired) electrons. The molecule has 7 heteroatoms.